The molecule has 0 spiro atoms. The number of rotatable bonds is 2. The van der Waals surface area contributed by atoms with Crippen molar-refractivity contribution in [1.29, 1.82) is 0 Å². The summed E-state index contributed by atoms with van der Waals surface area (Å²) in [4.78, 5) is 36.4. The van der Waals surface area contributed by atoms with Gasteiger partial charge in [0.05, 0.1) is 12.0 Å². The molecule has 12 nitrogen and oxygen atoms in total. The average molecular weight is 1810 g/mol. The van der Waals surface area contributed by atoms with Crippen molar-refractivity contribution < 1.29 is 141 Å². The first kappa shape index (κ1) is 69.2. The van der Waals surface area contributed by atoms with Crippen LogP contribution < -0.4 is 0 Å². The molecule has 0 unspecified atom stereocenters. The monoisotopic (exact) mass is 1810 g/mol. The number of fused-ring (bicyclic) bond motifs is 5. The molecular formula is C53H62N12U2V2W2-6. The maximum atomic E-state index is 7.66. The topological polar surface area (TPSA) is 169 Å². The normalized spacial score (nSPS) is 13.2. The summed E-state index contributed by atoms with van der Waals surface area (Å²) in [7, 11) is 0. The Morgan fingerprint density at radius 1 is 0.648 bits per heavy atom. The molecule has 0 aliphatic heterocycles. The molecule has 0 atom stereocenters. The van der Waals surface area contributed by atoms with Crippen LogP contribution in [0.4, 0.5) is 11.6 Å². The van der Waals surface area contributed by atoms with Crippen molar-refractivity contribution >= 4 is 46.1 Å². The number of nitrogens with zero attached hydrogens (tertiary/aromatic N) is 10. The van der Waals surface area contributed by atoms with Crippen LogP contribution in [0.5, 0.6) is 0 Å². The largest absolute Gasteiger partial charge is 0.543 e. The van der Waals surface area contributed by atoms with Crippen LogP contribution in [-0.4, -0.2) is 49.4 Å². The third-order valence-electron chi connectivity index (χ3n) is 11.6. The molecule has 0 bridgehead atoms. The van der Waals surface area contributed by atoms with E-state index in [1.807, 2.05) is 30.5 Å². The van der Waals surface area contributed by atoms with E-state index in [1.165, 1.54) is 57.3 Å². The Morgan fingerprint density at radius 2 is 1.28 bits per heavy atom. The Kier molecular flexibility index (Phi) is 29.3. The maximum absolute atomic E-state index is 7.66. The van der Waals surface area contributed by atoms with Crippen LogP contribution >= 0.6 is 0 Å². The second-order valence-corrected chi connectivity index (χ2v) is 20.2. The van der Waals surface area contributed by atoms with E-state index in [1.54, 1.807) is 18.9 Å². The van der Waals surface area contributed by atoms with E-state index < -0.39 is 0 Å². The zero-order valence-corrected chi connectivity index (χ0v) is 60.0. The van der Waals surface area contributed by atoms with Crippen molar-refractivity contribution in [3.8, 4) is 0 Å². The summed E-state index contributed by atoms with van der Waals surface area (Å²) < 4.78 is 1.93. The van der Waals surface area contributed by atoms with E-state index >= 15 is 0 Å². The van der Waals surface area contributed by atoms with Crippen LogP contribution in [-0.2, 0) is 105 Å². The molecule has 370 valence electrons. The van der Waals surface area contributed by atoms with Crippen molar-refractivity contribution in [2.45, 2.75) is 122 Å². The van der Waals surface area contributed by atoms with Gasteiger partial charge in [-0.05, 0) is 90.3 Å². The van der Waals surface area contributed by atoms with Crippen LogP contribution in [0.1, 0.15) is 141 Å². The molecule has 0 saturated heterocycles. The Morgan fingerprint density at radius 3 is 1.89 bits per heavy atom. The predicted octanol–water partition coefficient (Wildman–Crippen LogP) is 12.6. The van der Waals surface area contributed by atoms with Crippen molar-refractivity contribution in [2.24, 2.45) is 22.2 Å². The summed E-state index contributed by atoms with van der Waals surface area (Å²) in [5.74, 6) is 1.10. The summed E-state index contributed by atoms with van der Waals surface area (Å²) in [6, 6.07) is 7.26. The van der Waals surface area contributed by atoms with Gasteiger partial charge < -0.3 is 41.0 Å². The summed E-state index contributed by atoms with van der Waals surface area (Å²) in [5.41, 5.74) is 31.6. The standard InChI is InChI=1S/C12H13N.C12H14N.C11H14N3.C10H11N2.C8H10N5.2U.2V.2W/c1-12(2,3)11-6-9-4-5-13-8-10(9)7-11;1-12(2,3)10-7-9-5-4-6-13-11(9)8-10;1-11(2,3)8-5-4-7-9(8)13-6-14-10(7)12;1-7(2)8-3-4-10-9(8)5-11-6-12-10;1-5(2)13-4-12-6-7(9)10-3-11-8(6)13;;;;;;/h4,6H,7H2,1-3H3;5-7H,8H2,1-3H3;5-6H,4H2,1-3H3,(H-,12,13,14);3,6-7H,4H2,1-2H3;3-5H,1-2H3,(H-,9,10,11);;;;;;/q-2;4*-1;;;;;;. The smallest absolute Gasteiger partial charge is 0.159 e. The van der Waals surface area contributed by atoms with Crippen LogP contribution in [0.2, 0.25) is 0 Å². The molecule has 4 aliphatic rings. The molecule has 10 rings (SSSR count). The van der Waals surface area contributed by atoms with E-state index in [-0.39, 0.29) is 164 Å². The van der Waals surface area contributed by atoms with Gasteiger partial charge in [0.1, 0.15) is 5.52 Å². The van der Waals surface area contributed by atoms with E-state index in [9.17, 15) is 0 Å². The van der Waals surface area contributed by atoms with Gasteiger partial charge in [0.25, 0.3) is 0 Å². The molecule has 0 saturated carbocycles. The Balaban J connectivity index is 0.000000845. The molecular weight excluding hydrogens is 1750 g/mol. The van der Waals surface area contributed by atoms with Gasteiger partial charge in [0.15, 0.2) is 5.65 Å². The van der Waals surface area contributed by atoms with Crippen molar-refractivity contribution in [3.63, 3.8) is 0 Å². The molecule has 4 aliphatic carbocycles. The average Bonchev–Trinajstić information content (AvgIpc) is 4.09. The third-order valence-corrected chi connectivity index (χ3v) is 11.6. The Labute approximate surface area is 522 Å². The number of imidazole rings is 1. The van der Waals surface area contributed by atoms with Crippen LogP contribution in [0, 0.1) is 109 Å². The fourth-order valence-corrected chi connectivity index (χ4v) is 7.68. The molecule has 0 aromatic carbocycles. The number of aromatic nitrogens is 10. The van der Waals surface area contributed by atoms with E-state index in [0.29, 0.717) is 23.3 Å². The molecule has 0 fully saturated rings. The molecule has 2 N–H and O–H groups in total. The summed E-state index contributed by atoms with van der Waals surface area (Å²) in [6.07, 6.45) is 29.3. The van der Waals surface area contributed by atoms with Gasteiger partial charge in [-0.1, -0.05) is 111 Å². The van der Waals surface area contributed by atoms with Gasteiger partial charge in [-0.2, -0.15) is 11.6 Å². The number of pyridine rings is 2. The SMILES string of the molecule is CC(C)(C)C1=CCc2c([NH-])ncnc21.CC(C)(C)C1=Cc2c[c-]cnc2C1.CC(C)(C)C1=Cc2c[c-]n[c-]c2C1.CC(C)C1=CCc2ncn[c-]c21.CC(C)n1cnc2c([NH-])ncnc21.[U].[U].[V].[V].[W].[W]. The molecule has 6 aromatic heterocycles. The molecule has 18 heteroatoms. The van der Waals surface area contributed by atoms with Gasteiger partial charge in [-0.25, -0.2) is 27.7 Å². The second kappa shape index (κ2) is 30.1. The van der Waals surface area contributed by atoms with Crippen LogP contribution in [0.15, 0.2) is 66.9 Å². The number of hydrogen-bond donors (Lipinski definition) is 0. The van der Waals surface area contributed by atoms with E-state index in [0.717, 1.165) is 53.8 Å². The molecule has 0 amide bonds. The van der Waals surface area contributed by atoms with Crippen molar-refractivity contribution in [1.82, 2.24) is 49.4 Å². The van der Waals surface area contributed by atoms with E-state index in [4.69, 9.17) is 11.5 Å². The van der Waals surface area contributed by atoms with Crippen molar-refractivity contribution in [3.05, 3.63) is 148 Å². The summed E-state index contributed by atoms with van der Waals surface area (Å²) in [5, 5.41) is 0. The first-order chi connectivity index (χ1) is 30.6. The predicted molar refractivity (Wildman–Crippen MR) is 261 cm³/mol. The third kappa shape index (κ3) is 18.2. The molecule has 6 aromatic rings. The Hall–Kier alpha value is -1.78. The first-order valence-electron chi connectivity index (χ1n) is 22.3. The minimum atomic E-state index is 0. The first-order valence-corrected chi connectivity index (χ1v) is 22.3. The van der Waals surface area contributed by atoms with Gasteiger partial charge in [-0.15, -0.1) is 23.3 Å². The maximum Gasteiger partial charge on any atom is 0.159 e. The number of hydrogen-bond acceptors (Lipinski definition) is 9. The number of allylic oxidation sites excluding steroid dienone is 6. The molecule has 2 radical (unpaired) electrons. The van der Waals surface area contributed by atoms with Gasteiger partial charge in [0, 0.05) is 166 Å². The fraction of sp³-hybridized carbons (Fsp3) is 0.415. The fourth-order valence-electron chi connectivity index (χ4n) is 7.68. The summed E-state index contributed by atoms with van der Waals surface area (Å²) >= 11 is 0. The summed E-state index contributed by atoms with van der Waals surface area (Å²) in [6.45, 7) is 28.4. The van der Waals surface area contributed by atoms with Gasteiger partial charge in [-0.3, -0.25) is 34.0 Å². The van der Waals surface area contributed by atoms with Crippen LogP contribution in [0.25, 0.3) is 45.9 Å². The van der Waals surface area contributed by atoms with E-state index in [2.05, 4.69) is 170 Å². The minimum Gasteiger partial charge on any atom is -0.543 e. The van der Waals surface area contributed by atoms with Crippen LogP contribution in [0.3, 0.4) is 0 Å². The van der Waals surface area contributed by atoms with Gasteiger partial charge in [0.2, 0.25) is 0 Å². The quantitative estimate of drug-likeness (QED) is 0.153. The molecule has 71 heavy (non-hydrogen) atoms. The molecule has 6 heterocycles. The minimum absolute atomic E-state index is 0. The van der Waals surface area contributed by atoms with Crippen molar-refractivity contribution in [2.75, 3.05) is 0 Å². The zero-order valence-electron chi connectivity index (χ0n) is 43.0. The zero-order chi connectivity index (χ0) is 47.3. The second-order valence-electron chi connectivity index (χ2n) is 20.2. The Bertz CT molecular complexity index is 2710. The number of nitrogens with one attached hydrogen (secondary N) is 2. The van der Waals surface area contributed by atoms with Gasteiger partial charge >= 0.3 is 0 Å².